The highest BCUT2D eigenvalue weighted by Gasteiger charge is 2.28. The van der Waals surface area contributed by atoms with Crippen molar-refractivity contribution in [2.75, 3.05) is 24.5 Å². The Bertz CT molecular complexity index is 474. The van der Waals surface area contributed by atoms with Crippen LogP contribution in [-0.2, 0) is 0 Å². The van der Waals surface area contributed by atoms with Gasteiger partial charge in [-0.15, -0.1) is 0 Å². The number of hydrogen-bond acceptors (Lipinski definition) is 4. The summed E-state index contributed by atoms with van der Waals surface area (Å²) in [5, 5.41) is 3.35. The van der Waals surface area contributed by atoms with E-state index in [0.717, 1.165) is 38.9 Å². The van der Waals surface area contributed by atoms with Crippen molar-refractivity contribution in [3.63, 3.8) is 0 Å². The maximum Gasteiger partial charge on any atom is 0.293 e. The van der Waals surface area contributed by atoms with Crippen molar-refractivity contribution in [3.8, 4) is 0 Å². The number of nitrogens with zero attached hydrogens (tertiary/aromatic N) is 3. The first-order chi connectivity index (χ1) is 8.81. The molecule has 1 aromatic rings. The largest absolute Gasteiger partial charge is 0.348 e. The minimum Gasteiger partial charge on any atom is -0.348 e. The third-order valence-electron chi connectivity index (χ3n) is 3.88. The molecule has 1 aromatic heterocycles. The molecule has 1 N–H and O–H groups in total. The normalized spacial score (nSPS) is 23.3. The predicted molar refractivity (Wildman–Crippen MR) is 71.1 cm³/mol. The first-order valence-electron chi connectivity index (χ1n) is 6.85. The summed E-state index contributed by atoms with van der Waals surface area (Å²) in [6.07, 6.45) is 6.93. The summed E-state index contributed by atoms with van der Waals surface area (Å²) in [4.78, 5) is 18.9. The van der Waals surface area contributed by atoms with Crippen molar-refractivity contribution in [2.24, 2.45) is 0 Å². The molecule has 2 heterocycles. The molecule has 0 amide bonds. The fraction of sp³-hybridized carbons (Fsp3) is 0.692. The van der Waals surface area contributed by atoms with E-state index in [1.807, 2.05) is 10.8 Å². The van der Waals surface area contributed by atoms with Gasteiger partial charge >= 0.3 is 0 Å². The smallest absolute Gasteiger partial charge is 0.293 e. The third kappa shape index (κ3) is 2.03. The lowest BCUT2D eigenvalue weighted by molar-refractivity contribution is 0.620. The monoisotopic (exact) mass is 248 g/mol. The number of anilines is 1. The van der Waals surface area contributed by atoms with E-state index in [1.54, 1.807) is 6.20 Å². The van der Waals surface area contributed by atoms with Crippen molar-refractivity contribution in [3.05, 3.63) is 22.7 Å². The Balaban J connectivity index is 1.93. The summed E-state index contributed by atoms with van der Waals surface area (Å²) in [6, 6.07) is 0.824. The van der Waals surface area contributed by atoms with Crippen molar-refractivity contribution in [1.82, 2.24) is 14.9 Å². The molecule has 5 nitrogen and oxygen atoms in total. The van der Waals surface area contributed by atoms with Crippen LogP contribution < -0.4 is 15.8 Å². The van der Waals surface area contributed by atoms with Crippen molar-refractivity contribution in [1.29, 1.82) is 0 Å². The van der Waals surface area contributed by atoms with Crippen LogP contribution in [0, 0.1) is 0 Å². The Labute approximate surface area is 107 Å². The fourth-order valence-electron chi connectivity index (χ4n) is 2.74. The standard InChI is InChI=1S/C13H20N4O/c1-2-16(11-5-6-14-9-11)12-13(18)17(8-7-15-12)10-3-4-10/h7-8,10-11,14H,2-6,9H2,1H3. The highest BCUT2D eigenvalue weighted by Crippen LogP contribution is 2.33. The lowest BCUT2D eigenvalue weighted by Crippen LogP contribution is -2.41. The highest BCUT2D eigenvalue weighted by atomic mass is 16.1. The van der Waals surface area contributed by atoms with Gasteiger partial charge in [0.2, 0.25) is 0 Å². The van der Waals surface area contributed by atoms with E-state index in [0.29, 0.717) is 17.9 Å². The molecule has 2 fully saturated rings. The Morgan fingerprint density at radius 1 is 1.50 bits per heavy atom. The van der Waals surface area contributed by atoms with Gasteiger partial charge in [0, 0.05) is 37.6 Å². The number of likely N-dealkylation sites (N-methyl/N-ethyl adjacent to an activating group) is 1. The van der Waals surface area contributed by atoms with Crippen LogP contribution in [0.4, 0.5) is 5.82 Å². The highest BCUT2D eigenvalue weighted by molar-refractivity contribution is 5.38. The van der Waals surface area contributed by atoms with Gasteiger partial charge in [0.1, 0.15) is 0 Å². The molecular formula is C13H20N4O. The second-order valence-electron chi connectivity index (χ2n) is 5.13. The molecule has 0 bridgehead atoms. The van der Waals surface area contributed by atoms with Crippen molar-refractivity contribution in [2.45, 2.75) is 38.3 Å². The van der Waals surface area contributed by atoms with Crippen LogP contribution in [0.2, 0.25) is 0 Å². The minimum absolute atomic E-state index is 0.0775. The maximum atomic E-state index is 12.4. The van der Waals surface area contributed by atoms with Crippen LogP contribution in [0.15, 0.2) is 17.2 Å². The summed E-state index contributed by atoms with van der Waals surface area (Å²) in [6.45, 7) is 4.91. The summed E-state index contributed by atoms with van der Waals surface area (Å²) < 4.78 is 1.85. The number of hydrogen-bond donors (Lipinski definition) is 1. The summed E-state index contributed by atoms with van der Waals surface area (Å²) in [7, 11) is 0. The van der Waals surface area contributed by atoms with Gasteiger partial charge in [-0.25, -0.2) is 4.98 Å². The second-order valence-corrected chi connectivity index (χ2v) is 5.13. The molecule has 1 aliphatic carbocycles. The molecule has 0 aromatic carbocycles. The fourth-order valence-corrected chi connectivity index (χ4v) is 2.74. The molecular weight excluding hydrogens is 228 g/mol. The average molecular weight is 248 g/mol. The first-order valence-corrected chi connectivity index (χ1v) is 6.85. The molecule has 1 saturated carbocycles. The molecule has 2 aliphatic rings. The zero-order valence-corrected chi connectivity index (χ0v) is 10.8. The van der Waals surface area contributed by atoms with E-state index in [1.165, 1.54) is 0 Å². The number of aromatic nitrogens is 2. The molecule has 1 unspecified atom stereocenters. The average Bonchev–Trinajstić information content (AvgIpc) is 3.08. The summed E-state index contributed by atoms with van der Waals surface area (Å²) >= 11 is 0. The summed E-state index contributed by atoms with van der Waals surface area (Å²) in [5.74, 6) is 0.626. The van der Waals surface area contributed by atoms with Gasteiger partial charge in [0.15, 0.2) is 5.82 Å². The topological polar surface area (TPSA) is 50.2 Å². The molecule has 0 spiro atoms. The van der Waals surface area contributed by atoms with E-state index < -0.39 is 0 Å². The lowest BCUT2D eigenvalue weighted by Gasteiger charge is -2.27. The van der Waals surface area contributed by atoms with Crippen LogP contribution in [0.5, 0.6) is 0 Å². The van der Waals surface area contributed by atoms with Gasteiger partial charge in [0.25, 0.3) is 5.56 Å². The zero-order valence-electron chi connectivity index (χ0n) is 10.8. The molecule has 0 radical (unpaired) electrons. The van der Waals surface area contributed by atoms with Gasteiger partial charge in [-0.1, -0.05) is 0 Å². The second kappa shape index (κ2) is 4.72. The van der Waals surface area contributed by atoms with Crippen molar-refractivity contribution < 1.29 is 0 Å². The van der Waals surface area contributed by atoms with Crippen LogP contribution in [0.3, 0.4) is 0 Å². The Kier molecular flexibility index (Phi) is 3.07. The van der Waals surface area contributed by atoms with Crippen LogP contribution in [0.1, 0.15) is 32.2 Å². The molecule has 5 heteroatoms. The van der Waals surface area contributed by atoms with E-state index >= 15 is 0 Å². The number of nitrogens with one attached hydrogen (secondary N) is 1. The van der Waals surface area contributed by atoms with E-state index in [2.05, 4.69) is 22.1 Å². The van der Waals surface area contributed by atoms with E-state index in [-0.39, 0.29) is 5.56 Å². The van der Waals surface area contributed by atoms with Crippen LogP contribution >= 0.6 is 0 Å². The maximum absolute atomic E-state index is 12.4. The molecule has 1 saturated heterocycles. The Morgan fingerprint density at radius 2 is 2.33 bits per heavy atom. The lowest BCUT2D eigenvalue weighted by atomic mass is 10.2. The van der Waals surface area contributed by atoms with Crippen molar-refractivity contribution >= 4 is 5.82 Å². The number of rotatable bonds is 4. The van der Waals surface area contributed by atoms with Gasteiger partial charge in [0.05, 0.1) is 0 Å². The van der Waals surface area contributed by atoms with E-state index in [4.69, 9.17) is 0 Å². The quantitative estimate of drug-likeness (QED) is 0.855. The van der Waals surface area contributed by atoms with Gasteiger partial charge in [-0.05, 0) is 32.7 Å². The van der Waals surface area contributed by atoms with E-state index in [9.17, 15) is 4.79 Å². The molecule has 1 aliphatic heterocycles. The molecule has 1 atom stereocenters. The minimum atomic E-state index is 0.0775. The molecule has 3 rings (SSSR count). The first kappa shape index (κ1) is 11.7. The van der Waals surface area contributed by atoms with Crippen LogP contribution in [0.25, 0.3) is 0 Å². The van der Waals surface area contributed by atoms with Gasteiger partial charge in [-0.2, -0.15) is 0 Å². The van der Waals surface area contributed by atoms with Crippen LogP contribution in [-0.4, -0.2) is 35.2 Å². The zero-order chi connectivity index (χ0) is 12.5. The Hall–Kier alpha value is -1.36. The molecule has 18 heavy (non-hydrogen) atoms. The molecule has 98 valence electrons. The van der Waals surface area contributed by atoms with Gasteiger partial charge in [-0.3, -0.25) is 4.79 Å². The van der Waals surface area contributed by atoms with Gasteiger partial charge < -0.3 is 14.8 Å². The third-order valence-corrected chi connectivity index (χ3v) is 3.88. The summed E-state index contributed by atoms with van der Waals surface area (Å²) in [5.41, 5.74) is 0.0775. The Morgan fingerprint density at radius 3 is 2.94 bits per heavy atom. The predicted octanol–water partition coefficient (Wildman–Crippen LogP) is 0.766. The SMILES string of the molecule is CCN(c1nccn(C2CC2)c1=O)C1CCNC1.